The van der Waals surface area contributed by atoms with E-state index >= 15 is 0 Å². The third-order valence-electron chi connectivity index (χ3n) is 3.39. The normalized spacial score (nSPS) is 11.9. The fourth-order valence-corrected chi connectivity index (χ4v) is 2.12. The van der Waals surface area contributed by atoms with E-state index in [1.165, 1.54) is 0 Å². The molecule has 0 aromatic carbocycles. The summed E-state index contributed by atoms with van der Waals surface area (Å²) in [7, 11) is 0. The van der Waals surface area contributed by atoms with Crippen molar-refractivity contribution >= 4 is 11.7 Å². The van der Waals surface area contributed by atoms with Crippen molar-refractivity contribution in [3.8, 4) is 6.07 Å². The Labute approximate surface area is 119 Å². The summed E-state index contributed by atoms with van der Waals surface area (Å²) in [4.78, 5) is 14.6. The van der Waals surface area contributed by atoms with Crippen molar-refractivity contribution < 1.29 is 9.90 Å². The molecule has 1 unspecified atom stereocenters. The molecule has 0 saturated heterocycles. The van der Waals surface area contributed by atoms with E-state index in [0.717, 1.165) is 18.7 Å². The molecule has 1 rings (SSSR count). The van der Waals surface area contributed by atoms with Gasteiger partial charge in [0.2, 0.25) is 0 Å². The number of pyridine rings is 1. The molecule has 1 aromatic heterocycles. The molecule has 0 aliphatic rings. The summed E-state index contributed by atoms with van der Waals surface area (Å²) in [5.41, 5.74) is 1.26. The molecule has 0 fully saturated rings. The molecule has 2 N–H and O–H groups in total. The predicted octanol–water partition coefficient (Wildman–Crippen LogP) is 2.89. The Balaban J connectivity index is 2.43. The number of hydrogen-bond acceptors (Lipinski definition) is 4. The molecule has 0 aliphatic heterocycles. The van der Waals surface area contributed by atoms with Crippen LogP contribution in [0.4, 0.5) is 5.69 Å². The van der Waals surface area contributed by atoms with Gasteiger partial charge in [0.05, 0.1) is 0 Å². The van der Waals surface area contributed by atoms with Crippen LogP contribution in [-0.4, -0.2) is 22.6 Å². The average Bonchev–Trinajstić information content (AvgIpc) is 2.42. The van der Waals surface area contributed by atoms with E-state index in [0.29, 0.717) is 24.0 Å². The summed E-state index contributed by atoms with van der Waals surface area (Å²) in [5.74, 6) is 0.107. The van der Waals surface area contributed by atoms with Crippen LogP contribution in [0, 0.1) is 23.2 Å². The minimum absolute atomic E-state index is 0.219. The number of carboxylic acids is 1. The summed E-state index contributed by atoms with van der Waals surface area (Å²) >= 11 is 0. The fraction of sp³-hybridized carbons (Fsp3) is 0.533. The standard InChI is InChI=1S/C15H21N3O2/c1-11(2)12(3-4-15(19)20)5-7-17-13-6-8-18-14(9-13)10-16/h6,8-9,11-12H,3-5,7H2,1-2H3,(H,17,18)(H,19,20). The first-order valence-electron chi connectivity index (χ1n) is 6.84. The van der Waals surface area contributed by atoms with E-state index in [-0.39, 0.29) is 6.42 Å². The van der Waals surface area contributed by atoms with E-state index < -0.39 is 5.97 Å². The first-order chi connectivity index (χ1) is 9.52. The molecule has 20 heavy (non-hydrogen) atoms. The maximum absolute atomic E-state index is 10.6. The number of aromatic nitrogens is 1. The van der Waals surface area contributed by atoms with Gasteiger partial charge in [0.1, 0.15) is 11.8 Å². The highest BCUT2D eigenvalue weighted by atomic mass is 16.4. The molecule has 0 amide bonds. The molecule has 108 valence electrons. The number of anilines is 1. The largest absolute Gasteiger partial charge is 0.481 e. The van der Waals surface area contributed by atoms with Crippen LogP contribution in [0.25, 0.3) is 0 Å². The maximum atomic E-state index is 10.6. The third-order valence-corrected chi connectivity index (χ3v) is 3.39. The van der Waals surface area contributed by atoms with Crippen molar-refractivity contribution in [1.29, 1.82) is 5.26 Å². The minimum atomic E-state index is -0.739. The molecule has 1 heterocycles. The topological polar surface area (TPSA) is 86.0 Å². The molecule has 0 saturated carbocycles. The molecule has 0 bridgehead atoms. The lowest BCUT2D eigenvalue weighted by Crippen LogP contribution is -2.15. The van der Waals surface area contributed by atoms with Crippen LogP contribution < -0.4 is 5.32 Å². The number of carboxylic acid groups (broad SMARTS) is 1. The first kappa shape index (κ1) is 16.0. The van der Waals surface area contributed by atoms with Crippen molar-refractivity contribution in [3.05, 3.63) is 24.0 Å². The summed E-state index contributed by atoms with van der Waals surface area (Å²) in [6.45, 7) is 5.00. The SMILES string of the molecule is CC(C)C(CCNc1ccnc(C#N)c1)CCC(=O)O. The molecule has 0 radical (unpaired) electrons. The molecular formula is C15H21N3O2. The highest BCUT2D eigenvalue weighted by molar-refractivity contribution is 5.66. The lowest BCUT2D eigenvalue weighted by atomic mass is 9.88. The molecule has 5 nitrogen and oxygen atoms in total. The van der Waals surface area contributed by atoms with E-state index in [2.05, 4.69) is 24.1 Å². The summed E-state index contributed by atoms with van der Waals surface area (Å²) in [5, 5.41) is 20.8. The molecule has 0 aliphatic carbocycles. The van der Waals surface area contributed by atoms with Crippen LogP contribution in [0.5, 0.6) is 0 Å². The molecule has 5 heteroatoms. The van der Waals surface area contributed by atoms with Crippen molar-refractivity contribution in [2.45, 2.75) is 33.1 Å². The quantitative estimate of drug-likeness (QED) is 0.761. The number of nitrogens with one attached hydrogen (secondary N) is 1. The first-order valence-corrected chi connectivity index (χ1v) is 6.84. The number of hydrogen-bond donors (Lipinski definition) is 2. The second-order valence-corrected chi connectivity index (χ2v) is 5.19. The van der Waals surface area contributed by atoms with Gasteiger partial charge >= 0.3 is 5.97 Å². The molecule has 1 atom stereocenters. The maximum Gasteiger partial charge on any atom is 0.303 e. The van der Waals surface area contributed by atoms with Crippen molar-refractivity contribution in [2.24, 2.45) is 11.8 Å². The van der Waals surface area contributed by atoms with Crippen LogP contribution in [0.1, 0.15) is 38.8 Å². The fourth-order valence-electron chi connectivity index (χ4n) is 2.12. The zero-order valence-corrected chi connectivity index (χ0v) is 12.0. The zero-order chi connectivity index (χ0) is 15.0. The van der Waals surface area contributed by atoms with Crippen molar-refractivity contribution in [1.82, 2.24) is 4.98 Å². The number of carbonyl (C=O) groups is 1. The Morgan fingerprint density at radius 1 is 1.50 bits per heavy atom. The van der Waals surface area contributed by atoms with Gasteiger partial charge in [-0.1, -0.05) is 13.8 Å². The van der Waals surface area contributed by atoms with E-state index in [1.54, 1.807) is 12.3 Å². The highest BCUT2D eigenvalue weighted by Crippen LogP contribution is 2.21. The minimum Gasteiger partial charge on any atom is -0.481 e. The lowest BCUT2D eigenvalue weighted by molar-refractivity contribution is -0.137. The van der Waals surface area contributed by atoms with Gasteiger partial charge in [0, 0.05) is 24.8 Å². The second kappa shape index (κ2) is 8.16. The Morgan fingerprint density at radius 2 is 2.25 bits per heavy atom. The molecular weight excluding hydrogens is 254 g/mol. The summed E-state index contributed by atoms with van der Waals surface area (Å²) in [6, 6.07) is 5.53. The van der Waals surface area contributed by atoms with Crippen molar-refractivity contribution in [2.75, 3.05) is 11.9 Å². The Kier molecular flexibility index (Phi) is 6.51. The van der Waals surface area contributed by atoms with E-state index in [4.69, 9.17) is 10.4 Å². The number of nitriles is 1. The number of rotatable bonds is 8. The Morgan fingerprint density at radius 3 is 2.85 bits per heavy atom. The van der Waals surface area contributed by atoms with E-state index in [9.17, 15) is 4.79 Å². The van der Waals surface area contributed by atoms with Gasteiger partial charge in [-0.3, -0.25) is 4.79 Å². The summed E-state index contributed by atoms with van der Waals surface area (Å²) in [6.07, 6.45) is 3.44. The van der Waals surface area contributed by atoms with Gasteiger partial charge in [0.15, 0.2) is 0 Å². The summed E-state index contributed by atoms with van der Waals surface area (Å²) < 4.78 is 0. The van der Waals surface area contributed by atoms with Gasteiger partial charge in [-0.05, 0) is 36.8 Å². The van der Waals surface area contributed by atoms with Gasteiger partial charge < -0.3 is 10.4 Å². The zero-order valence-electron chi connectivity index (χ0n) is 12.0. The molecule has 0 spiro atoms. The smallest absolute Gasteiger partial charge is 0.303 e. The van der Waals surface area contributed by atoms with Crippen LogP contribution in [0.3, 0.4) is 0 Å². The monoisotopic (exact) mass is 275 g/mol. The van der Waals surface area contributed by atoms with Gasteiger partial charge in [0.25, 0.3) is 0 Å². The van der Waals surface area contributed by atoms with Crippen LogP contribution in [0.2, 0.25) is 0 Å². The Bertz CT molecular complexity index is 480. The van der Waals surface area contributed by atoms with Gasteiger partial charge in [-0.2, -0.15) is 5.26 Å². The van der Waals surface area contributed by atoms with E-state index in [1.807, 2.05) is 12.1 Å². The van der Waals surface area contributed by atoms with Gasteiger partial charge in [-0.25, -0.2) is 4.98 Å². The van der Waals surface area contributed by atoms with Gasteiger partial charge in [-0.15, -0.1) is 0 Å². The average molecular weight is 275 g/mol. The third kappa shape index (κ3) is 5.70. The number of nitrogens with zero attached hydrogens (tertiary/aromatic N) is 2. The predicted molar refractivity (Wildman–Crippen MR) is 77.3 cm³/mol. The Hall–Kier alpha value is -2.09. The van der Waals surface area contributed by atoms with Crippen LogP contribution >= 0.6 is 0 Å². The van der Waals surface area contributed by atoms with Crippen molar-refractivity contribution in [3.63, 3.8) is 0 Å². The van der Waals surface area contributed by atoms with Crippen LogP contribution in [0.15, 0.2) is 18.3 Å². The molecule has 1 aromatic rings. The second-order valence-electron chi connectivity index (χ2n) is 5.19. The van der Waals surface area contributed by atoms with Crippen LogP contribution in [-0.2, 0) is 4.79 Å². The number of aliphatic carboxylic acids is 1. The lowest BCUT2D eigenvalue weighted by Gasteiger charge is -2.20. The highest BCUT2D eigenvalue weighted by Gasteiger charge is 2.14.